The second-order valence-corrected chi connectivity index (χ2v) is 8.12. The number of nitrogens with zero attached hydrogens (tertiary/aromatic N) is 5. The maximum absolute atomic E-state index is 13.1. The molecule has 0 amide bonds. The molecule has 0 unspecified atom stereocenters. The van der Waals surface area contributed by atoms with Crippen molar-refractivity contribution in [1.29, 1.82) is 0 Å². The van der Waals surface area contributed by atoms with Gasteiger partial charge >= 0.3 is 0 Å². The Balaban J connectivity index is 1.29. The Bertz CT molecular complexity index is 1130. The molecule has 5 nitrogen and oxygen atoms in total. The number of hydrogen-bond acceptors (Lipinski definition) is 6. The van der Waals surface area contributed by atoms with E-state index in [0.717, 1.165) is 53.7 Å². The summed E-state index contributed by atoms with van der Waals surface area (Å²) in [6.45, 7) is 2.61. The van der Waals surface area contributed by atoms with Gasteiger partial charge in [0.1, 0.15) is 10.8 Å². The molecule has 0 spiro atoms. The smallest absolute Gasteiger partial charge is 0.159 e. The summed E-state index contributed by atoms with van der Waals surface area (Å²) in [5.41, 5.74) is 4.24. The molecule has 0 aliphatic carbocycles. The normalized spacial score (nSPS) is 14.0. The predicted octanol–water partition coefficient (Wildman–Crippen LogP) is 4.36. The van der Waals surface area contributed by atoms with Crippen molar-refractivity contribution in [1.82, 2.24) is 24.8 Å². The summed E-state index contributed by atoms with van der Waals surface area (Å²) in [6, 6.07) is 10.3. The number of fused-ring (bicyclic) bond motifs is 1. The van der Waals surface area contributed by atoms with E-state index in [0.29, 0.717) is 0 Å². The van der Waals surface area contributed by atoms with Crippen molar-refractivity contribution in [3.63, 3.8) is 0 Å². The number of rotatable bonds is 4. The molecule has 0 saturated carbocycles. The van der Waals surface area contributed by atoms with E-state index in [-0.39, 0.29) is 5.82 Å². The Kier molecular flexibility index (Phi) is 4.83. The van der Waals surface area contributed by atoms with Crippen molar-refractivity contribution in [3.8, 4) is 22.0 Å². The van der Waals surface area contributed by atoms with Crippen molar-refractivity contribution in [2.24, 2.45) is 0 Å². The van der Waals surface area contributed by atoms with Crippen LogP contribution in [0.25, 0.3) is 22.0 Å². The van der Waals surface area contributed by atoms with Gasteiger partial charge in [0.25, 0.3) is 0 Å². The molecule has 0 fully saturated rings. The van der Waals surface area contributed by atoms with Crippen LogP contribution in [0.3, 0.4) is 0 Å². The highest BCUT2D eigenvalue weighted by Crippen LogP contribution is 2.28. The van der Waals surface area contributed by atoms with Crippen LogP contribution in [0.1, 0.15) is 16.1 Å². The van der Waals surface area contributed by atoms with Gasteiger partial charge in [0.15, 0.2) is 5.82 Å². The lowest BCUT2D eigenvalue weighted by molar-refractivity contribution is 0.245. The standard InChI is InChI=1S/C22H18FN5S/c23-18-3-1-16(2-4-18)22-26-12-19(29-22)14-28-10-7-20-17(13-28)11-25-21(27-20)15-5-8-24-9-6-15/h1-6,8-9,11-12H,7,10,13-14H2. The Morgan fingerprint density at radius 3 is 2.62 bits per heavy atom. The first kappa shape index (κ1) is 18.0. The van der Waals surface area contributed by atoms with Crippen molar-refractivity contribution >= 4 is 11.3 Å². The zero-order valence-corrected chi connectivity index (χ0v) is 16.4. The molecule has 0 atom stereocenters. The molecule has 1 aliphatic heterocycles. The van der Waals surface area contributed by atoms with Crippen LogP contribution >= 0.6 is 11.3 Å². The van der Waals surface area contributed by atoms with Crippen molar-refractivity contribution in [2.45, 2.75) is 19.5 Å². The van der Waals surface area contributed by atoms with Gasteiger partial charge in [0.05, 0.1) is 5.69 Å². The van der Waals surface area contributed by atoms with Gasteiger partial charge in [-0.2, -0.15) is 0 Å². The second-order valence-electron chi connectivity index (χ2n) is 7.00. The fourth-order valence-electron chi connectivity index (χ4n) is 3.48. The fourth-order valence-corrected chi connectivity index (χ4v) is 4.44. The summed E-state index contributed by atoms with van der Waals surface area (Å²) < 4.78 is 13.1. The minimum absolute atomic E-state index is 0.230. The van der Waals surface area contributed by atoms with Crippen LogP contribution in [0.15, 0.2) is 61.2 Å². The summed E-state index contributed by atoms with van der Waals surface area (Å²) in [5.74, 6) is 0.526. The Hall–Kier alpha value is -3.03. The van der Waals surface area contributed by atoms with E-state index in [2.05, 4.69) is 19.9 Å². The van der Waals surface area contributed by atoms with E-state index in [4.69, 9.17) is 4.98 Å². The number of benzene rings is 1. The number of hydrogen-bond donors (Lipinski definition) is 0. The average molecular weight is 403 g/mol. The molecule has 4 aromatic rings. The second kappa shape index (κ2) is 7.77. The van der Waals surface area contributed by atoms with E-state index in [1.54, 1.807) is 35.9 Å². The highest BCUT2D eigenvalue weighted by atomic mass is 32.1. The van der Waals surface area contributed by atoms with Gasteiger partial charge in [-0.15, -0.1) is 11.3 Å². The topological polar surface area (TPSA) is 54.8 Å². The molecule has 29 heavy (non-hydrogen) atoms. The highest BCUT2D eigenvalue weighted by molar-refractivity contribution is 7.15. The monoisotopic (exact) mass is 403 g/mol. The summed E-state index contributed by atoms with van der Waals surface area (Å²) in [6.07, 6.45) is 8.28. The first-order valence-electron chi connectivity index (χ1n) is 9.43. The summed E-state index contributed by atoms with van der Waals surface area (Å²) in [5, 5.41) is 0.919. The lowest BCUT2D eigenvalue weighted by Crippen LogP contribution is -2.30. The molecule has 5 rings (SSSR count). The zero-order valence-electron chi connectivity index (χ0n) is 15.6. The largest absolute Gasteiger partial charge is 0.293 e. The maximum Gasteiger partial charge on any atom is 0.159 e. The lowest BCUT2D eigenvalue weighted by atomic mass is 10.1. The minimum Gasteiger partial charge on any atom is -0.293 e. The SMILES string of the molecule is Fc1ccc(-c2ncc(CN3CCc4nc(-c5ccncc5)ncc4C3)s2)cc1. The van der Waals surface area contributed by atoms with Crippen LogP contribution in [0.4, 0.5) is 4.39 Å². The minimum atomic E-state index is -0.230. The van der Waals surface area contributed by atoms with Crippen molar-refractivity contribution in [3.05, 3.63) is 83.1 Å². The van der Waals surface area contributed by atoms with E-state index in [1.807, 2.05) is 24.5 Å². The van der Waals surface area contributed by atoms with Crippen LogP contribution in [0, 0.1) is 5.82 Å². The zero-order chi connectivity index (χ0) is 19.6. The van der Waals surface area contributed by atoms with Gasteiger partial charge in [0, 0.05) is 72.4 Å². The molecule has 1 aromatic carbocycles. The Labute approximate surface area is 172 Å². The van der Waals surface area contributed by atoms with Crippen LogP contribution in [0.2, 0.25) is 0 Å². The van der Waals surface area contributed by atoms with Crippen molar-refractivity contribution in [2.75, 3.05) is 6.54 Å². The predicted molar refractivity (Wildman–Crippen MR) is 111 cm³/mol. The number of pyridine rings is 1. The fraction of sp³-hybridized carbons (Fsp3) is 0.182. The summed E-state index contributed by atoms with van der Waals surface area (Å²) in [7, 11) is 0. The molecule has 4 heterocycles. The van der Waals surface area contributed by atoms with Gasteiger partial charge in [0.2, 0.25) is 0 Å². The Morgan fingerprint density at radius 1 is 0.966 bits per heavy atom. The molecule has 0 N–H and O–H groups in total. The van der Waals surface area contributed by atoms with Gasteiger partial charge in [-0.1, -0.05) is 0 Å². The van der Waals surface area contributed by atoms with Crippen LogP contribution < -0.4 is 0 Å². The summed E-state index contributed by atoms with van der Waals surface area (Å²) in [4.78, 5) is 21.5. The van der Waals surface area contributed by atoms with Crippen LogP contribution in [-0.4, -0.2) is 31.4 Å². The van der Waals surface area contributed by atoms with Gasteiger partial charge in [-0.05, 0) is 36.4 Å². The van der Waals surface area contributed by atoms with E-state index in [9.17, 15) is 4.39 Å². The molecular weight excluding hydrogens is 385 g/mol. The number of aromatic nitrogens is 4. The summed E-state index contributed by atoms with van der Waals surface area (Å²) >= 11 is 1.65. The van der Waals surface area contributed by atoms with E-state index >= 15 is 0 Å². The third-order valence-electron chi connectivity index (χ3n) is 4.98. The Morgan fingerprint density at radius 2 is 1.79 bits per heavy atom. The third-order valence-corrected chi connectivity index (χ3v) is 6.01. The van der Waals surface area contributed by atoms with Gasteiger partial charge in [-0.25, -0.2) is 19.3 Å². The molecule has 3 aromatic heterocycles. The van der Waals surface area contributed by atoms with Crippen LogP contribution in [-0.2, 0) is 19.5 Å². The van der Waals surface area contributed by atoms with E-state index in [1.165, 1.54) is 22.6 Å². The molecular formula is C22H18FN5S. The molecule has 0 bridgehead atoms. The van der Waals surface area contributed by atoms with Crippen LogP contribution in [0.5, 0.6) is 0 Å². The number of halogens is 1. The molecule has 1 aliphatic rings. The molecule has 0 saturated heterocycles. The first-order valence-corrected chi connectivity index (χ1v) is 10.2. The van der Waals surface area contributed by atoms with E-state index < -0.39 is 0 Å². The van der Waals surface area contributed by atoms with Crippen molar-refractivity contribution < 1.29 is 4.39 Å². The molecule has 0 radical (unpaired) electrons. The number of thiazole rings is 1. The maximum atomic E-state index is 13.1. The first-order chi connectivity index (χ1) is 14.2. The van der Waals surface area contributed by atoms with Gasteiger partial charge in [-0.3, -0.25) is 9.88 Å². The molecule has 7 heteroatoms. The quantitative estimate of drug-likeness (QED) is 0.507. The van der Waals surface area contributed by atoms with Gasteiger partial charge < -0.3 is 0 Å². The highest BCUT2D eigenvalue weighted by Gasteiger charge is 2.20. The third kappa shape index (κ3) is 3.92. The average Bonchev–Trinajstić information content (AvgIpc) is 3.23. The lowest BCUT2D eigenvalue weighted by Gasteiger charge is -2.27. The molecule has 144 valence electrons.